The first-order valence-corrected chi connectivity index (χ1v) is 7.38. The van der Waals surface area contributed by atoms with Crippen molar-refractivity contribution in [3.63, 3.8) is 0 Å². The zero-order valence-corrected chi connectivity index (χ0v) is 12.3. The number of likely N-dealkylation sites (tertiary alicyclic amines) is 1. The third-order valence-electron chi connectivity index (χ3n) is 3.46. The maximum atomic E-state index is 12.1. The fourth-order valence-corrected chi connectivity index (χ4v) is 2.52. The molecule has 1 heterocycles. The van der Waals surface area contributed by atoms with Crippen LogP contribution in [0.25, 0.3) is 0 Å². The smallest absolute Gasteiger partial charge is 0.260 e. The van der Waals surface area contributed by atoms with Gasteiger partial charge in [0.1, 0.15) is 10.7 Å². The Kier molecular flexibility index (Phi) is 5.35. The van der Waals surface area contributed by atoms with Crippen LogP contribution in [0.4, 0.5) is 0 Å². The first-order valence-electron chi connectivity index (χ1n) is 6.98. The van der Waals surface area contributed by atoms with Crippen LogP contribution in [0.3, 0.4) is 0 Å². The van der Waals surface area contributed by atoms with Crippen LogP contribution in [-0.4, -0.2) is 35.5 Å². The van der Waals surface area contributed by atoms with Crippen LogP contribution in [0.5, 0.6) is 5.75 Å². The molecular formula is C15H20N2O2S. The number of nitrogens with two attached hydrogens (primary N) is 1. The first-order chi connectivity index (χ1) is 9.68. The predicted octanol–water partition coefficient (Wildman–Crippen LogP) is 2.10. The summed E-state index contributed by atoms with van der Waals surface area (Å²) < 4.78 is 5.60. The zero-order valence-electron chi connectivity index (χ0n) is 11.5. The van der Waals surface area contributed by atoms with Crippen molar-refractivity contribution in [1.29, 1.82) is 0 Å². The zero-order chi connectivity index (χ0) is 14.4. The molecule has 1 aliphatic heterocycles. The summed E-state index contributed by atoms with van der Waals surface area (Å²) in [6, 6.07) is 7.27. The standard InChI is InChI=1S/C15H20N2O2S/c16-15(20)12-7-3-4-8-13(12)19-11-14(18)17-9-5-1-2-6-10-17/h3-4,7-8H,1-2,5-6,9-11H2,(H2,16,20). The maximum absolute atomic E-state index is 12.1. The maximum Gasteiger partial charge on any atom is 0.260 e. The average Bonchev–Trinajstić information content (AvgIpc) is 2.74. The Morgan fingerprint density at radius 1 is 1.20 bits per heavy atom. The molecule has 4 nitrogen and oxygen atoms in total. The number of thiocarbonyl (C=S) groups is 1. The predicted molar refractivity (Wildman–Crippen MR) is 82.9 cm³/mol. The fraction of sp³-hybridized carbons (Fsp3) is 0.467. The SMILES string of the molecule is NC(=S)c1ccccc1OCC(=O)N1CCCCCC1. The van der Waals surface area contributed by atoms with Crippen molar-refractivity contribution >= 4 is 23.1 Å². The van der Waals surface area contributed by atoms with Gasteiger partial charge in [0.05, 0.1) is 5.56 Å². The van der Waals surface area contributed by atoms with Gasteiger partial charge < -0.3 is 15.4 Å². The second-order valence-electron chi connectivity index (χ2n) is 4.94. The van der Waals surface area contributed by atoms with Crippen molar-refractivity contribution in [2.24, 2.45) is 5.73 Å². The van der Waals surface area contributed by atoms with Crippen LogP contribution in [-0.2, 0) is 4.79 Å². The molecule has 20 heavy (non-hydrogen) atoms. The fourth-order valence-electron chi connectivity index (χ4n) is 2.35. The molecule has 1 amide bonds. The van der Waals surface area contributed by atoms with E-state index in [1.807, 2.05) is 17.0 Å². The molecule has 1 saturated heterocycles. The number of benzene rings is 1. The Morgan fingerprint density at radius 3 is 2.50 bits per heavy atom. The number of amides is 1. The van der Waals surface area contributed by atoms with Crippen LogP contribution in [0.15, 0.2) is 24.3 Å². The number of hydrogen-bond acceptors (Lipinski definition) is 3. The summed E-state index contributed by atoms with van der Waals surface area (Å²) in [6.45, 7) is 1.71. The van der Waals surface area contributed by atoms with Crippen LogP contribution in [0, 0.1) is 0 Å². The van der Waals surface area contributed by atoms with Gasteiger partial charge in [0.2, 0.25) is 0 Å². The lowest BCUT2D eigenvalue weighted by Crippen LogP contribution is -2.35. The van der Waals surface area contributed by atoms with Crippen molar-refractivity contribution in [3.05, 3.63) is 29.8 Å². The summed E-state index contributed by atoms with van der Waals surface area (Å²) in [6.07, 6.45) is 4.56. The third kappa shape index (κ3) is 3.93. The molecule has 1 aromatic carbocycles. The Balaban J connectivity index is 1.94. The number of para-hydroxylation sites is 1. The second-order valence-corrected chi connectivity index (χ2v) is 5.38. The largest absolute Gasteiger partial charge is 0.483 e. The molecule has 2 N–H and O–H groups in total. The van der Waals surface area contributed by atoms with Crippen LogP contribution >= 0.6 is 12.2 Å². The quantitative estimate of drug-likeness (QED) is 0.864. The van der Waals surface area contributed by atoms with Gasteiger partial charge in [0.15, 0.2) is 6.61 Å². The molecule has 0 saturated carbocycles. The summed E-state index contributed by atoms with van der Waals surface area (Å²) >= 11 is 4.97. The first kappa shape index (κ1) is 14.8. The van der Waals surface area contributed by atoms with Gasteiger partial charge in [-0.25, -0.2) is 0 Å². The van der Waals surface area contributed by atoms with Crippen molar-refractivity contribution in [1.82, 2.24) is 4.90 Å². The van der Waals surface area contributed by atoms with E-state index in [0.29, 0.717) is 11.3 Å². The molecule has 0 spiro atoms. The van der Waals surface area contributed by atoms with Crippen molar-refractivity contribution < 1.29 is 9.53 Å². The van der Waals surface area contributed by atoms with Gasteiger partial charge in [0.25, 0.3) is 5.91 Å². The van der Waals surface area contributed by atoms with Gasteiger partial charge in [-0.2, -0.15) is 0 Å². The number of carbonyl (C=O) groups is 1. The van der Waals surface area contributed by atoms with E-state index in [1.165, 1.54) is 12.8 Å². The number of hydrogen-bond donors (Lipinski definition) is 1. The number of nitrogens with zero attached hydrogens (tertiary/aromatic N) is 1. The minimum absolute atomic E-state index is 0.0321. The van der Waals surface area contributed by atoms with Gasteiger partial charge >= 0.3 is 0 Å². The summed E-state index contributed by atoms with van der Waals surface area (Å²) in [7, 11) is 0. The normalized spacial score (nSPS) is 15.5. The summed E-state index contributed by atoms with van der Waals surface area (Å²) in [4.78, 5) is 14.3. The average molecular weight is 292 g/mol. The van der Waals surface area contributed by atoms with Crippen molar-refractivity contribution in [2.75, 3.05) is 19.7 Å². The van der Waals surface area contributed by atoms with Crippen LogP contribution in [0.2, 0.25) is 0 Å². The van der Waals surface area contributed by atoms with E-state index < -0.39 is 0 Å². The lowest BCUT2D eigenvalue weighted by molar-refractivity contribution is -0.133. The molecule has 0 aliphatic carbocycles. The highest BCUT2D eigenvalue weighted by molar-refractivity contribution is 7.80. The molecule has 1 aliphatic rings. The Labute approximate surface area is 124 Å². The Bertz CT molecular complexity index is 483. The lowest BCUT2D eigenvalue weighted by Gasteiger charge is -2.20. The highest BCUT2D eigenvalue weighted by Crippen LogP contribution is 2.18. The number of carbonyl (C=O) groups excluding carboxylic acids is 1. The molecule has 108 valence electrons. The molecule has 0 aromatic heterocycles. The molecular weight excluding hydrogens is 272 g/mol. The molecule has 1 aromatic rings. The summed E-state index contributed by atoms with van der Waals surface area (Å²) in [5.41, 5.74) is 6.31. The van der Waals surface area contributed by atoms with E-state index in [2.05, 4.69) is 0 Å². The van der Waals surface area contributed by atoms with Gasteiger partial charge in [0, 0.05) is 13.1 Å². The van der Waals surface area contributed by atoms with Gasteiger partial charge in [-0.15, -0.1) is 0 Å². The molecule has 1 fully saturated rings. The van der Waals surface area contributed by atoms with E-state index >= 15 is 0 Å². The van der Waals surface area contributed by atoms with Gasteiger partial charge in [-0.05, 0) is 25.0 Å². The monoisotopic (exact) mass is 292 g/mol. The molecule has 0 radical (unpaired) electrons. The summed E-state index contributed by atoms with van der Waals surface area (Å²) in [5, 5.41) is 0. The van der Waals surface area contributed by atoms with Gasteiger partial charge in [-0.1, -0.05) is 37.2 Å². The van der Waals surface area contributed by atoms with Crippen LogP contribution < -0.4 is 10.5 Å². The Hall–Kier alpha value is -1.62. The van der Waals surface area contributed by atoms with E-state index in [1.54, 1.807) is 12.1 Å². The van der Waals surface area contributed by atoms with Crippen molar-refractivity contribution in [3.8, 4) is 5.75 Å². The third-order valence-corrected chi connectivity index (χ3v) is 3.68. The highest BCUT2D eigenvalue weighted by atomic mass is 32.1. The van der Waals surface area contributed by atoms with Crippen molar-refractivity contribution in [2.45, 2.75) is 25.7 Å². The molecule has 5 heteroatoms. The molecule has 0 bridgehead atoms. The topological polar surface area (TPSA) is 55.6 Å². The molecule has 0 unspecified atom stereocenters. The van der Waals surface area contributed by atoms with Gasteiger partial charge in [-0.3, -0.25) is 4.79 Å². The minimum Gasteiger partial charge on any atom is -0.483 e. The second kappa shape index (κ2) is 7.24. The number of rotatable bonds is 4. The van der Waals surface area contributed by atoms with E-state index in [9.17, 15) is 4.79 Å². The molecule has 0 atom stereocenters. The highest BCUT2D eigenvalue weighted by Gasteiger charge is 2.16. The Morgan fingerprint density at radius 2 is 1.85 bits per heavy atom. The van der Waals surface area contributed by atoms with Crippen LogP contribution in [0.1, 0.15) is 31.2 Å². The van der Waals surface area contributed by atoms with E-state index in [4.69, 9.17) is 22.7 Å². The minimum atomic E-state index is 0.0321. The molecule has 2 rings (SSSR count). The number of ether oxygens (including phenoxy) is 1. The van der Waals surface area contributed by atoms with E-state index in [0.717, 1.165) is 25.9 Å². The summed E-state index contributed by atoms with van der Waals surface area (Å²) in [5.74, 6) is 0.604. The lowest BCUT2D eigenvalue weighted by atomic mass is 10.2. The van der Waals surface area contributed by atoms with E-state index in [-0.39, 0.29) is 17.5 Å².